The highest BCUT2D eigenvalue weighted by Gasteiger charge is 2.23. The summed E-state index contributed by atoms with van der Waals surface area (Å²) in [6, 6.07) is 0. The van der Waals surface area contributed by atoms with E-state index >= 15 is 0 Å². The minimum Gasteiger partial charge on any atom is -0.368 e. The molecule has 3 aromatic rings. The third-order valence-electron chi connectivity index (χ3n) is 2.50. The number of H-pyrrole nitrogens is 1. The Bertz CT molecular complexity index is 813. The molecule has 3 aromatic heterocycles. The van der Waals surface area contributed by atoms with Gasteiger partial charge in [0.1, 0.15) is 10.5 Å². The van der Waals surface area contributed by atoms with Gasteiger partial charge in [0.25, 0.3) is 0 Å². The summed E-state index contributed by atoms with van der Waals surface area (Å²) in [6.07, 6.45) is 2.83. The molecule has 0 atom stereocenters. The highest BCUT2D eigenvalue weighted by Crippen LogP contribution is 2.35. The smallest absolute Gasteiger partial charge is 0.368 e. The van der Waals surface area contributed by atoms with Gasteiger partial charge in [-0.15, -0.1) is 0 Å². The number of nitrogens with two attached hydrogens (primary N) is 1. The Morgan fingerprint density at radius 1 is 1.43 bits per heavy atom. The van der Waals surface area contributed by atoms with Gasteiger partial charge in [0.2, 0.25) is 12.3 Å². The number of nitrogens with zero attached hydrogens (tertiary/aromatic N) is 6. The Hall–Kier alpha value is -2.34. The zero-order valence-electron chi connectivity index (χ0n) is 10.6. The van der Waals surface area contributed by atoms with Crippen molar-refractivity contribution in [3.63, 3.8) is 0 Å². The van der Waals surface area contributed by atoms with Crippen LogP contribution in [0.3, 0.4) is 0 Å². The first kappa shape index (κ1) is 15.1. The van der Waals surface area contributed by atoms with E-state index in [1.54, 1.807) is 11.6 Å². The lowest BCUT2D eigenvalue weighted by atomic mass is 10.5. The van der Waals surface area contributed by atoms with Crippen LogP contribution >= 0.6 is 25.3 Å². The predicted molar refractivity (Wildman–Crippen MR) is 80.5 cm³/mol. The Kier molecular flexibility index (Phi) is 3.99. The van der Waals surface area contributed by atoms with E-state index in [0.717, 1.165) is 11.8 Å². The molecule has 110 valence electrons. The number of nitro groups is 1. The number of aromatic nitrogens is 6. The van der Waals surface area contributed by atoms with Crippen molar-refractivity contribution >= 4 is 48.2 Å². The highest BCUT2D eigenvalue weighted by atomic mass is 32.2. The van der Waals surface area contributed by atoms with Crippen LogP contribution in [-0.4, -0.2) is 34.4 Å². The molecule has 0 saturated heterocycles. The summed E-state index contributed by atoms with van der Waals surface area (Å²) in [5.74, 6) is -0.181. The van der Waals surface area contributed by atoms with Gasteiger partial charge >= 0.3 is 5.82 Å². The van der Waals surface area contributed by atoms with Crippen LogP contribution in [0.15, 0.2) is 22.7 Å². The molecule has 3 heterocycles. The van der Waals surface area contributed by atoms with Crippen LogP contribution in [-0.2, 0) is 7.05 Å². The van der Waals surface area contributed by atoms with Gasteiger partial charge in [-0.3, -0.25) is 0 Å². The average molecular weight is 326 g/mol. The second-order valence-electron chi connectivity index (χ2n) is 3.83. The SMILES string of the molecule is Cn1cnc([N+](=O)[O-])c1Sc1nc(N)nc2nc[nH]c12.S. The lowest BCUT2D eigenvalue weighted by Gasteiger charge is -2.03. The first-order valence-corrected chi connectivity index (χ1v) is 6.18. The van der Waals surface area contributed by atoms with Crippen LogP contribution in [0.2, 0.25) is 0 Å². The molecular weight excluding hydrogens is 316 g/mol. The number of rotatable bonds is 3. The van der Waals surface area contributed by atoms with Crippen LogP contribution in [0.4, 0.5) is 11.8 Å². The molecule has 0 bridgehead atoms. The third-order valence-corrected chi connectivity index (χ3v) is 3.65. The molecule has 0 spiro atoms. The van der Waals surface area contributed by atoms with E-state index < -0.39 is 4.92 Å². The lowest BCUT2D eigenvalue weighted by molar-refractivity contribution is -0.392. The number of hydrogen-bond donors (Lipinski definition) is 2. The van der Waals surface area contributed by atoms with Gasteiger partial charge in [-0.1, -0.05) is 0 Å². The molecule has 10 nitrogen and oxygen atoms in total. The van der Waals surface area contributed by atoms with E-state index in [4.69, 9.17) is 5.73 Å². The standard InChI is InChI=1S/C9H8N8O2S.H2S/c1-16-3-13-6(17(18)19)8(16)20-7-4-5(12-2-11-4)14-9(10)15-7;/h2-3H,1H3,(H3,10,11,12,14,15);1H2. The molecule has 0 saturated carbocycles. The van der Waals surface area contributed by atoms with E-state index in [9.17, 15) is 10.1 Å². The second-order valence-corrected chi connectivity index (χ2v) is 4.81. The Morgan fingerprint density at radius 3 is 2.90 bits per heavy atom. The number of imidazole rings is 2. The molecule has 0 aliphatic rings. The van der Waals surface area contributed by atoms with Gasteiger partial charge in [0.05, 0.1) is 6.33 Å². The van der Waals surface area contributed by atoms with E-state index in [-0.39, 0.29) is 25.3 Å². The number of nitrogens with one attached hydrogen (secondary N) is 1. The average Bonchev–Trinajstić information content (AvgIpc) is 2.97. The van der Waals surface area contributed by atoms with Crippen molar-refractivity contribution in [3.8, 4) is 0 Å². The van der Waals surface area contributed by atoms with Gasteiger partial charge in [-0.05, 0) is 21.7 Å². The molecule has 0 aliphatic heterocycles. The Balaban J connectivity index is 0.00000161. The van der Waals surface area contributed by atoms with E-state index in [2.05, 4.69) is 24.9 Å². The maximum absolute atomic E-state index is 10.9. The summed E-state index contributed by atoms with van der Waals surface area (Å²) >= 11 is 1.08. The summed E-state index contributed by atoms with van der Waals surface area (Å²) in [5, 5.41) is 11.8. The molecule has 0 aliphatic carbocycles. The zero-order valence-corrected chi connectivity index (χ0v) is 12.5. The number of fused-ring (bicyclic) bond motifs is 1. The van der Waals surface area contributed by atoms with E-state index in [1.807, 2.05) is 0 Å². The fourth-order valence-electron chi connectivity index (χ4n) is 1.64. The van der Waals surface area contributed by atoms with Crippen molar-refractivity contribution < 1.29 is 4.92 Å². The minimum atomic E-state index is -0.545. The summed E-state index contributed by atoms with van der Waals surface area (Å²) in [6.45, 7) is 0. The third kappa shape index (κ3) is 2.62. The molecule has 12 heteroatoms. The van der Waals surface area contributed by atoms with Crippen LogP contribution in [0, 0.1) is 10.1 Å². The fourth-order valence-corrected chi connectivity index (χ4v) is 2.62. The van der Waals surface area contributed by atoms with Gasteiger partial charge in [0.15, 0.2) is 10.7 Å². The molecule has 21 heavy (non-hydrogen) atoms. The Labute approximate surface area is 128 Å². The van der Waals surface area contributed by atoms with Gasteiger partial charge < -0.3 is 25.4 Å². The summed E-state index contributed by atoms with van der Waals surface area (Å²) < 4.78 is 1.54. The quantitative estimate of drug-likeness (QED) is 0.409. The van der Waals surface area contributed by atoms with E-state index in [1.165, 1.54) is 12.7 Å². The number of nitrogen functional groups attached to an aromatic ring is 1. The largest absolute Gasteiger partial charge is 0.396 e. The topological polar surface area (TPSA) is 141 Å². The first-order valence-electron chi connectivity index (χ1n) is 5.36. The monoisotopic (exact) mass is 326 g/mol. The van der Waals surface area contributed by atoms with Gasteiger partial charge in [0, 0.05) is 7.05 Å². The van der Waals surface area contributed by atoms with Gasteiger partial charge in [-0.2, -0.15) is 18.5 Å². The molecular formula is C9H10N8O2S2. The molecule has 3 rings (SSSR count). The highest BCUT2D eigenvalue weighted by molar-refractivity contribution is 7.99. The molecule has 0 fully saturated rings. The van der Waals surface area contributed by atoms with Crippen LogP contribution < -0.4 is 5.73 Å². The molecule has 0 unspecified atom stereocenters. The first-order chi connectivity index (χ1) is 9.56. The Morgan fingerprint density at radius 2 is 2.19 bits per heavy atom. The lowest BCUT2D eigenvalue weighted by Crippen LogP contribution is -1.99. The minimum absolute atomic E-state index is 0. The van der Waals surface area contributed by atoms with Crippen molar-refractivity contribution in [2.45, 2.75) is 10.1 Å². The van der Waals surface area contributed by atoms with E-state index in [0.29, 0.717) is 21.2 Å². The summed E-state index contributed by atoms with van der Waals surface area (Å²) in [4.78, 5) is 29.1. The second kappa shape index (κ2) is 5.57. The van der Waals surface area contributed by atoms with Crippen molar-refractivity contribution in [2.24, 2.45) is 7.05 Å². The number of hydrogen-bond acceptors (Lipinski definition) is 8. The van der Waals surface area contributed by atoms with Gasteiger partial charge in [-0.25, -0.2) is 9.97 Å². The normalized spacial score (nSPS) is 10.5. The van der Waals surface area contributed by atoms with Crippen LogP contribution in [0.5, 0.6) is 0 Å². The molecule has 0 amide bonds. The van der Waals surface area contributed by atoms with Crippen molar-refractivity contribution in [2.75, 3.05) is 5.73 Å². The van der Waals surface area contributed by atoms with Crippen molar-refractivity contribution in [1.29, 1.82) is 0 Å². The molecule has 0 radical (unpaired) electrons. The zero-order chi connectivity index (χ0) is 14.3. The number of aryl methyl sites for hydroxylation is 1. The van der Waals surface area contributed by atoms with Crippen molar-refractivity contribution in [3.05, 3.63) is 22.8 Å². The molecule has 3 N–H and O–H groups in total. The summed E-state index contributed by atoms with van der Waals surface area (Å²) in [7, 11) is 1.66. The maximum atomic E-state index is 10.9. The number of aromatic amines is 1. The predicted octanol–water partition coefficient (Wildman–Crippen LogP) is 0.841. The van der Waals surface area contributed by atoms with Crippen LogP contribution in [0.1, 0.15) is 0 Å². The maximum Gasteiger partial charge on any atom is 0.396 e. The van der Waals surface area contributed by atoms with Crippen LogP contribution in [0.25, 0.3) is 11.2 Å². The van der Waals surface area contributed by atoms with Crippen molar-refractivity contribution in [1.82, 2.24) is 29.5 Å². The number of anilines is 1. The fraction of sp³-hybridized carbons (Fsp3) is 0.111. The summed E-state index contributed by atoms with van der Waals surface area (Å²) in [5.41, 5.74) is 6.58. The molecule has 0 aromatic carbocycles.